The molecule has 1 aromatic heterocycles. The molecular weight excluding hydrogens is 360 g/mol. The highest BCUT2D eigenvalue weighted by Crippen LogP contribution is 2.43. The number of esters is 1. The Hall–Kier alpha value is -1.92. The van der Waals surface area contributed by atoms with Crippen LogP contribution in [0.15, 0.2) is 29.8 Å². The molecule has 0 saturated heterocycles. The number of thiazole rings is 1. The molecule has 1 aromatic carbocycles. The van der Waals surface area contributed by atoms with Gasteiger partial charge in [-0.25, -0.2) is 4.98 Å². The molecule has 1 aliphatic carbocycles. The van der Waals surface area contributed by atoms with Crippen molar-refractivity contribution >= 4 is 23.0 Å². The molecule has 0 aliphatic heterocycles. The first kappa shape index (κ1) is 21.4. The monoisotopic (exact) mass is 390 g/mol. The fourth-order valence-corrected chi connectivity index (χ4v) is 4.49. The average Bonchev–Trinajstić information content (AvgIpc) is 3.09. The van der Waals surface area contributed by atoms with Crippen molar-refractivity contribution in [2.24, 2.45) is 11.8 Å². The molecule has 1 aliphatic rings. The molecule has 2 aromatic rings. The standard InChI is InChI=1S/C13H19NO3S.C8H11N/c1-3-17-11(15)10-4-5-13(16,8-9(10)2)12-14-6-7-18-12;1-6-3-7(2)5-8(9)4-6/h6-7,9-10,16H,3-5,8H2,1-2H3;3-5H,9H2,1-2H3/t9-,10+,13-;/m1./s1. The normalized spacial score (nSPS) is 24.6. The summed E-state index contributed by atoms with van der Waals surface area (Å²) in [5, 5.41) is 13.3. The second kappa shape index (κ2) is 9.33. The van der Waals surface area contributed by atoms with E-state index in [0.29, 0.717) is 25.9 Å². The molecular formula is C21H30N2O3S. The summed E-state index contributed by atoms with van der Waals surface area (Å²) in [4.78, 5) is 16.0. The number of aliphatic hydroxyl groups is 1. The minimum absolute atomic E-state index is 0.0924. The van der Waals surface area contributed by atoms with E-state index in [1.165, 1.54) is 22.5 Å². The summed E-state index contributed by atoms with van der Waals surface area (Å²) in [6, 6.07) is 6.04. The number of nitrogens with two attached hydrogens (primary N) is 1. The van der Waals surface area contributed by atoms with Gasteiger partial charge in [0.15, 0.2) is 0 Å². The molecule has 1 fully saturated rings. The van der Waals surface area contributed by atoms with E-state index in [4.69, 9.17) is 10.5 Å². The molecule has 6 heteroatoms. The molecule has 0 bridgehead atoms. The third-order valence-corrected chi connectivity index (χ3v) is 5.85. The van der Waals surface area contributed by atoms with Crippen molar-refractivity contribution in [3.8, 4) is 0 Å². The van der Waals surface area contributed by atoms with Crippen LogP contribution in [0.3, 0.4) is 0 Å². The summed E-state index contributed by atoms with van der Waals surface area (Å²) in [5.41, 5.74) is 8.01. The topological polar surface area (TPSA) is 85.4 Å². The van der Waals surface area contributed by atoms with E-state index in [1.54, 1.807) is 6.20 Å². The van der Waals surface area contributed by atoms with Gasteiger partial charge in [0, 0.05) is 17.3 Å². The highest BCUT2D eigenvalue weighted by Gasteiger charge is 2.43. The first-order valence-corrected chi connectivity index (χ1v) is 10.3. The van der Waals surface area contributed by atoms with Crippen LogP contribution in [0, 0.1) is 25.7 Å². The third kappa shape index (κ3) is 5.78. The highest BCUT2D eigenvalue weighted by atomic mass is 32.1. The summed E-state index contributed by atoms with van der Waals surface area (Å²) in [6.45, 7) is 8.32. The first-order chi connectivity index (χ1) is 12.7. The lowest BCUT2D eigenvalue weighted by Crippen LogP contribution is -2.39. The van der Waals surface area contributed by atoms with E-state index < -0.39 is 5.60 Å². The van der Waals surface area contributed by atoms with Gasteiger partial charge >= 0.3 is 5.97 Å². The highest BCUT2D eigenvalue weighted by molar-refractivity contribution is 7.09. The number of benzene rings is 1. The number of hydrogen-bond donors (Lipinski definition) is 2. The van der Waals surface area contributed by atoms with Gasteiger partial charge in [0.1, 0.15) is 10.6 Å². The van der Waals surface area contributed by atoms with Crippen LogP contribution in [0.5, 0.6) is 0 Å². The molecule has 3 N–H and O–H groups in total. The number of carbonyl (C=O) groups excluding carboxylic acids is 1. The molecule has 0 unspecified atom stereocenters. The summed E-state index contributed by atoms with van der Waals surface area (Å²) in [5.74, 6) is -0.108. The number of ether oxygens (including phenoxy) is 1. The third-order valence-electron chi connectivity index (χ3n) is 4.88. The number of nitrogens with zero attached hydrogens (tertiary/aromatic N) is 1. The van der Waals surface area contributed by atoms with E-state index in [9.17, 15) is 9.90 Å². The molecule has 5 nitrogen and oxygen atoms in total. The van der Waals surface area contributed by atoms with Crippen LogP contribution < -0.4 is 5.73 Å². The SMILES string of the molecule is CCOC(=O)[C@H]1CC[C@](O)(c2nccs2)C[C@H]1C.Cc1cc(C)cc(N)c1. The second-order valence-corrected chi connectivity index (χ2v) is 8.26. The Morgan fingerprint density at radius 1 is 1.37 bits per heavy atom. The summed E-state index contributed by atoms with van der Waals surface area (Å²) in [6.07, 6.45) is 3.52. The maximum absolute atomic E-state index is 11.8. The fraction of sp³-hybridized carbons (Fsp3) is 0.524. The van der Waals surface area contributed by atoms with E-state index in [2.05, 4.69) is 11.1 Å². The number of anilines is 1. The van der Waals surface area contributed by atoms with E-state index in [-0.39, 0.29) is 17.8 Å². The number of aromatic nitrogens is 1. The van der Waals surface area contributed by atoms with E-state index >= 15 is 0 Å². The fourth-order valence-electron chi connectivity index (χ4n) is 3.71. The molecule has 1 saturated carbocycles. The van der Waals surface area contributed by atoms with Gasteiger partial charge in [0.2, 0.25) is 0 Å². The maximum atomic E-state index is 11.8. The maximum Gasteiger partial charge on any atom is 0.309 e. The van der Waals surface area contributed by atoms with Gasteiger partial charge in [-0.05, 0) is 69.2 Å². The number of rotatable bonds is 3. The molecule has 3 rings (SSSR count). The zero-order valence-corrected chi connectivity index (χ0v) is 17.4. The average molecular weight is 391 g/mol. The second-order valence-electron chi connectivity index (χ2n) is 7.37. The summed E-state index contributed by atoms with van der Waals surface area (Å²) < 4.78 is 5.08. The van der Waals surface area contributed by atoms with Crippen LogP contribution in [-0.4, -0.2) is 22.7 Å². The smallest absolute Gasteiger partial charge is 0.309 e. The minimum atomic E-state index is -0.865. The Balaban J connectivity index is 0.000000244. The van der Waals surface area contributed by atoms with Crippen LogP contribution >= 0.6 is 11.3 Å². The van der Waals surface area contributed by atoms with Crippen molar-refractivity contribution in [3.05, 3.63) is 45.9 Å². The quantitative estimate of drug-likeness (QED) is 0.605. The molecule has 3 atom stereocenters. The lowest BCUT2D eigenvalue weighted by Gasteiger charge is -2.37. The predicted octanol–water partition coefficient (Wildman–Crippen LogP) is 4.22. The van der Waals surface area contributed by atoms with Gasteiger partial charge in [0.05, 0.1) is 12.5 Å². The Morgan fingerprint density at radius 3 is 2.52 bits per heavy atom. The number of aryl methyl sites for hydroxylation is 2. The first-order valence-electron chi connectivity index (χ1n) is 9.38. The van der Waals surface area contributed by atoms with Crippen LogP contribution in [0.4, 0.5) is 5.69 Å². The molecule has 1 heterocycles. The van der Waals surface area contributed by atoms with Crippen molar-refractivity contribution in [2.45, 2.75) is 52.6 Å². The molecule has 0 radical (unpaired) electrons. The molecule has 0 amide bonds. The van der Waals surface area contributed by atoms with Crippen LogP contribution in [0.1, 0.15) is 49.2 Å². The lowest BCUT2D eigenvalue weighted by atomic mass is 9.72. The van der Waals surface area contributed by atoms with Gasteiger partial charge in [-0.15, -0.1) is 11.3 Å². The largest absolute Gasteiger partial charge is 0.466 e. The Labute approximate surface area is 165 Å². The van der Waals surface area contributed by atoms with E-state index in [1.807, 2.05) is 45.2 Å². The lowest BCUT2D eigenvalue weighted by molar-refractivity contribution is -0.154. The predicted molar refractivity (Wildman–Crippen MR) is 109 cm³/mol. The summed E-state index contributed by atoms with van der Waals surface area (Å²) >= 11 is 1.47. The van der Waals surface area contributed by atoms with Crippen molar-refractivity contribution in [1.82, 2.24) is 4.98 Å². The van der Waals surface area contributed by atoms with E-state index in [0.717, 1.165) is 10.7 Å². The van der Waals surface area contributed by atoms with Crippen molar-refractivity contribution in [2.75, 3.05) is 12.3 Å². The van der Waals surface area contributed by atoms with Crippen molar-refractivity contribution in [3.63, 3.8) is 0 Å². The Kier molecular flexibility index (Phi) is 7.39. The van der Waals surface area contributed by atoms with Gasteiger partial charge in [-0.3, -0.25) is 4.79 Å². The number of carbonyl (C=O) groups is 1. The number of hydrogen-bond acceptors (Lipinski definition) is 6. The van der Waals surface area contributed by atoms with Gasteiger partial charge in [0.25, 0.3) is 0 Å². The van der Waals surface area contributed by atoms with Crippen LogP contribution in [0.2, 0.25) is 0 Å². The molecule has 0 spiro atoms. The molecule has 148 valence electrons. The van der Waals surface area contributed by atoms with Crippen LogP contribution in [-0.2, 0) is 15.1 Å². The zero-order valence-electron chi connectivity index (χ0n) is 16.6. The van der Waals surface area contributed by atoms with Gasteiger partial charge in [-0.2, -0.15) is 0 Å². The molecule has 27 heavy (non-hydrogen) atoms. The van der Waals surface area contributed by atoms with Crippen molar-refractivity contribution in [1.29, 1.82) is 0 Å². The minimum Gasteiger partial charge on any atom is -0.466 e. The van der Waals surface area contributed by atoms with Gasteiger partial charge < -0.3 is 15.6 Å². The zero-order chi connectivity index (χ0) is 20.0. The van der Waals surface area contributed by atoms with Gasteiger partial charge in [-0.1, -0.05) is 13.0 Å². The van der Waals surface area contributed by atoms with Crippen molar-refractivity contribution < 1.29 is 14.6 Å². The Morgan fingerprint density at radius 2 is 2.04 bits per heavy atom. The Bertz CT molecular complexity index is 697. The van der Waals surface area contributed by atoms with Crippen LogP contribution in [0.25, 0.3) is 0 Å². The number of nitrogen functional groups attached to an aromatic ring is 1. The summed E-state index contributed by atoms with van der Waals surface area (Å²) in [7, 11) is 0.